The first-order valence-electron chi connectivity index (χ1n) is 5.80. The molecule has 0 saturated carbocycles. The minimum Gasteiger partial charge on any atom is -0.389 e. The summed E-state index contributed by atoms with van der Waals surface area (Å²) in [7, 11) is 4.17. The minimum absolute atomic E-state index is 0.460. The second-order valence-electron chi connectivity index (χ2n) is 4.48. The summed E-state index contributed by atoms with van der Waals surface area (Å²) in [6.45, 7) is 4.10. The van der Waals surface area contributed by atoms with Crippen LogP contribution in [0.5, 0.6) is 0 Å². The SMILES string of the molecule is Cc1cc(NCCCN(C)C)ccc1C(N)=S. The van der Waals surface area contributed by atoms with Crippen molar-refractivity contribution in [2.75, 3.05) is 32.5 Å². The maximum Gasteiger partial charge on any atom is 0.104 e. The molecule has 0 aromatic heterocycles. The number of hydrogen-bond donors (Lipinski definition) is 2. The Kier molecular flexibility index (Phi) is 5.38. The first kappa shape index (κ1) is 13.9. The molecule has 1 aromatic rings. The third-order valence-corrected chi connectivity index (χ3v) is 2.82. The van der Waals surface area contributed by atoms with Crippen LogP contribution in [0.2, 0.25) is 0 Å². The van der Waals surface area contributed by atoms with Gasteiger partial charge in [0.2, 0.25) is 0 Å². The molecule has 0 aliphatic carbocycles. The van der Waals surface area contributed by atoms with E-state index in [9.17, 15) is 0 Å². The fraction of sp³-hybridized carbons (Fsp3) is 0.462. The van der Waals surface area contributed by atoms with Gasteiger partial charge in [-0.3, -0.25) is 0 Å². The Bertz CT molecular complexity index is 388. The van der Waals surface area contributed by atoms with Gasteiger partial charge in [-0.25, -0.2) is 0 Å². The molecule has 3 N–H and O–H groups in total. The van der Waals surface area contributed by atoms with E-state index in [0.717, 1.165) is 36.3 Å². The van der Waals surface area contributed by atoms with Gasteiger partial charge in [0.1, 0.15) is 4.99 Å². The molecule has 0 unspecified atom stereocenters. The zero-order chi connectivity index (χ0) is 12.8. The standard InChI is InChI=1S/C13H21N3S/c1-10-9-11(5-6-12(10)13(14)17)15-7-4-8-16(2)3/h5-6,9,15H,4,7-8H2,1-3H3,(H2,14,17). The van der Waals surface area contributed by atoms with Crippen LogP contribution in [0.4, 0.5) is 5.69 Å². The number of nitrogens with two attached hydrogens (primary N) is 1. The maximum atomic E-state index is 5.63. The van der Waals surface area contributed by atoms with E-state index in [2.05, 4.69) is 30.4 Å². The van der Waals surface area contributed by atoms with Crippen molar-refractivity contribution < 1.29 is 0 Å². The molecular weight excluding hydrogens is 230 g/mol. The number of anilines is 1. The summed E-state index contributed by atoms with van der Waals surface area (Å²) in [5.74, 6) is 0. The summed E-state index contributed by atoms with van der Waals surface area (Å²) >= 11 is 4.98. The van der Waals surface area contributed by atoms with Gasteiger partial charge in [0.15, 0.2) is 0 Å². The number of nitrogens with zero attached hydrogens (tertiary/aromatic N) is 1. The van der Waals surface area contributed by atoms with Crippen molar-refractivity contribution in [3.8, 4) is 0 Å². The molecular formula is C13H21N3S. The van der Waals surface area contributed by atoms with E-state index in [1.807, 2.05) is 19.1 Å². The first-order valence-corrected chi connectivity index (χ1v) is 6.20. The molecule has 0 heterocycles. The molecule has 0 atom stereocenters. The van der Waals surface area contributed by atoms with Gasteiger partial charge in [-0.1, -0.05) is 12.2 Å². The molecule has 4 heteroatoms. The lowest BCUT2D eigenvalue weighted by Gasteiger charge is -2.12. The highest BCUT2D eigenvalue weighted by Gasteiger charge is 2.02. The van der Waals surface area contributed by atoms with Gasteiger partial charge in [-0.2, -0.15) is 0 Å². The zero-order valence-corrected chi connectivity index (χ0v) is 11.6. The molecule has 0 radical (unpaired) electrons. The highest BCUT2D eigenvalue weighted by molar-refractivity contribution is 7.80. The van der Waals surface area contributed by atoms with Crippen molar-refractivity contribution in [3.05, 3.63) is 29.3 Å². The molecule has 0 fully saturated rings. The number of hydrogen-bond acceptors (Lipinski definition) is 3. The molecule has 1 rings (SSSR count). The number of aryl methyl sites for hydroxylation is 1. The van der Waals surface area contributed by atoms with Crippen LogP contribution in [0.1, 0.15) is 17.5 Å². The van der Waals surface area contributed by atoms with Gasteiger partial charge in [0.25, 0.3) is 0 Å². The number of nitrogens with one attached hydrogen (secondary N) is 1. The quantitative estimate of drug-likeness (QED) is 0.599. The van der Waals surface area contributed by atoms with Crippen LogP contribution < -0.4 is 11.1 Å². The van der Waals surface area contributed by atoms with Crippen LogP contribution in [0, 0.1) is 6.92 Å². The molecule has 17 heavy (non-hydrogen) atoms. The highest BCUT2D eigenvalue weighted by atomic mass is 32.1. The number of benzene rings is 1. The van der Waals surface area contributed by atoms with Gasteiger partial charge in [-0.05, 0) is 57.7 Å². The van der Waals surface area contributed by atoms with Crippen molar-refractivity contribution in [1.29, 1.82) is 0 Å². The van der Waals surface area contributed by atoms with E-state index in [1.54, 1.807) is 0 Å². The van der Waals surface area contributed by atoms with E-state index in [-0.39, 0.29) is 0 Å². The van der Waals surface area contributed by atoms with Crippen molar-refractivity contribution >= 4 is 22.9 Å². The lowest BCUT2D eigenvalue weighted by Crippen LogP contribution is -2.16. The van der Waals surface area contributed by atoms with Gasteiger partial charge in [0.05, 0.1) is 0 Å². The van der Waals surface area contributed by atoms with Crippen molar-refractivity contribution in [1.82, 2.24) is 4.90 Å². The van der Waals surface area contributed by atoms with Crippen LogP contribution >= 0.6 is 12.2 Å². The van der Waals surface area contributed by atoms with Crippen LogP contribution in [-0.4, -0.2) is 37.1 Å². The van der Waals surface area contributed by atoms with Crippen LogP contribution in [0.25, 0.3) is 0 Å². The van der Waals surface area contributed by atoms with Gasteiger partial charge in [0, 0.05) is 17.8 Å². The summed E-state index contributed by atoms with van der Waals surface area (Å²) in [5, 5.41) is 3.40. The minimum atomic E-state index is 0.460. The lowest BCUT2D eigenvalue weighted by molar-refractivity contribution is 0.405. The molecule has 0 aliphatic rings. The smallest absolute Gasteiger partial charge is 0.104 e. The Hall–Kier alpha value is -1.13. The van der Waals surface area contributed by atoms with Gasteiger partial charge >= 0.3 is 0 Å². The molecule has 0 bridgehead atoms. The Balaban J connectivity index is 2.50. The van der Waals surface area contributed by atoms with E-state index in [4.69, 9.17) is 18.0 Å². The summed E-state index contributed by atoms with van der Waals surface area (Å²) in [5.41, 5.74) is 8.83. The Morgan fingerprint density at radius 1 is 1.41 bits per heavy atom. The van der Waals surface area contributed by atoms with E-state index in [1.165, 1.54) is 0 Å². The normalized spacial score (nSPS) is 10.6. The van der Waals surface area contributed by atoms with Gasteiger partial charge in [-0.15, -0.1) is 0 Å². The second kappa shape index (κ2) is 6.57. The Morgan fingerprint density at radius 2 is 2.12 bits per heavy atom. The molecule has 94 valence electrons. The number of rotatable bonds is 6. The average Bonchev–Trinajstić information content (AvgIpc) is 2.23. The van der Waals surface area contributed by atoms with E-state index < -0.39 is 0 Å². The summed E-state index contributed by atoms with van der Waals surface area (Å²) in [6, 6.07) is 6.09. The summed E-state index contributed by atoms with van der Waals surface area (Å²) in [4.78, 5) is 2.64. The monoisotopic (exact) mass is 251 g/mol. The lowest BCUT2D eigenvalue weighted by atomic mass is 10.1. The summed E-state index contributed by atoms with van der Waals surface area (Å²) < 4.78 is 0. The number of thiocarbonyl (C=S) groups is 1. The fourth-order valence-corrected chi connectivity index (χ4v) is 1.91. The topological polar surface area (TPSA) is 41.3 Å². The molecule has 1 aromatic carbocycles. The molecule has 0 aliphatic heterocycles. The largest absolute Gasteiger partial charge is 0.389 e. The zero-order valence-electron chi connectivity index (χ0n) is 10.8. The van der Waals surface area contributed by atoms with Crippen molar-refractivity contribution in [2.24, 2.45) is 5.73 Å². The van der Waals surface area contributed by atoms with Crippen molar-refractivity contribution in [3.63, 3.8) is 0 Å². The van der Waals surface area contributed by atoms with Crippen LogP contribution in [-0.2, 0) is 0 Å². The van der Waals surface area contributed by atoms with Crippen LogP contribution in [0.15, 0.2) is 18.2 Å². The maximum absolute atomic E-state index is 5.63. The Labute approximate surface area is 109 Å². The molecule has 0 amide bonds. The fourth-order valence-electron chi connectivity index (χ4n) is 1.68. The van der Waals surface area contributed by atoms with E-state index in [0.29, 0.717) is 4.99 Å². The predicted molar refractivity (Wildman–Crippen MR) is 78.7 cm³/mol. The first-order chi connectivity index (χ1) is 8.00. The second-order valence-corrected chi connectivity index (χ2v) is 4.92. The van der Waals surface area contributed by atoms with Crippen LogP contribution in [0.3, 0.4) is 0 Å². The van der Waals surface area contributed by atoms with Gasteiger partial charge < -0.3 is 16.0 Å². The molecule has 0 spiro atoms. The summed E-state index contributed by atoms with van der Waals surface area (Å²) in [6.07, 6.45) is 1.13. The average molecular weight is 251 g/mol. The van der Waals surface area contributed by atoms with Crippen molar-refractivity contribution in [2.45, 2.75) is 13.3 Å². The highest BCUT2D eigenvalue weighted by Crippen LogP contribution is 2.15. The molecule has 3 nitrogen and oxygen atoms in total. The predicted octanol–water partition coefficient (Wildman–Crippen LogP) is 1.99. The van der Waals surface area contributed by atoms with E-state index >= 15 is 0 Å². The molecule has 0 saturated heterocycles. The third kappa shape index (κ3) is 4.71. The Morgan fingerprint density at radius 3 is 2.65 bits per heavy atom. The third-order valence-electron chi connectivity index (χ3n) is 2.60.